The number of carbonyl (C=O) groups excluding carboxylic acids is 2. The molecular formula is C27H32O7. The van der Waals surface area contributed by atoms with Crippen LogP contribution in [0.3, 0.4) is 0 Å². The zero-order valence-corrected chi connectivity index (χ0v) is 20.6. The molecular weight excluding hydrogens is 436 g/mol. The molecule has 7 heteroatoms. The number of aryl methyl sites for hydroxylation is 1. The number of ketones is 1. The van der Waals surface area contributed by atoms with E-state index in [0.717, 1.165) is 0 Å². The molecule has 0 aliphatic rings. The van der Waals surface area contributed by atoms with Crippen LogP contribution in [-0.4, -0.2) is 22.0 Å². The van der Waals surface area contributed by atoms with Gasteiger partial charge in [-0.3, -0.25) is 14.4 Å². The molecule has 2 N–H and O–H groups in total. The van der Waals surface area contributed by atoms with Gasteiger partial charge in [-0.15, -0.1) is 0 Å². The van der Waals surface area contributed by atoms with Crippen molar-refractivity contribution in [3.8, 4) is 17.2 Å². The lowest BCUT2D eigenvalue weighted by atomic mass is 9.91. The largest absolute Gasteiger partial charge is 0.507 e. The highest BCUT2D eigenvalue weighted by atomic mass is 16.5. The number of hydrogen-bond acceptors (Lipinski definition) is 7. The SMILES string of the molecule is CC(=O)Oc1cc2oc3cc(O)c(CCC(C)C)c(O)c3c(=O)c2c(CCC(C)C)c1C(C)=O. The highest BCUT2D eigenvalue weighted by Crippen LogP contribution is 2.39. The molecule has 0 amide bonds. The van der Waals surface area contributed by atoms with Crippen LogP contribution in [0.15, 0.2) is 21.3 Å². The number of hydrogen-bond donors (Lipinski definition) is 2. The Labute approximate surface area is 198 Å². The fraction of sp³-hybridized carbons (Fsp3) is 0.444. The Hall–Kier alpha value is -3.35. The molecule has 182 valence electrons. The zero-order valence-electron chi connectivity index (χ0n) is 20.6. The molecule has 1 aromatic heterocycles. The number of phenolic OH excluding ortho intramolecular Hbond substituents is 2. The van der Waals surface area contributed by atoms with Crippen LogP contribution in [0.25, 0.3) is 21.9 Å². The van der Waals surface area contributed by atoms with E-state index in [0.29, 0.717) is 42.7 Å². The first-order valence-corrected chi connectivity index (χ1v) is 11.6. The van der Waals surface area contributed by atoms with Gasteiger partial charge in [-0.1, -0.05) is 27.7 Å². The van der Waals surface area contributed by atoms with Crippen LogP contribution < -0.4 is 10.2 Å². The predicted octanol–water partition coefficient (Wildman–Crippen LogP) is 5.66. The van der Waals surface area contributed by atoms with Crippen molar-refractivity contribution in [2.45, 2.75) is 67.2 Å². The monoisotopic (exact) mass is 468 g/mol. The smallest absolute Gasteiger partial charge is 0.308 e. The van der Waals surface area contributed by atoms with Crippen LogP contribution in [0.1, 0.15) is 75.9 Å². The number of fused-ring (bicyclic) bond motifs is 2. The average Bonchev–Trinajstić information content (AvgIpc) is 2.70. The molecule has 0 fully saturated rings. The van der Waals surface area contributed by atoms with Crippen LogP contribution in [0, 0.1) is 11.8 Å². The van der Waals surface area contributed by atoms with Crippen LogP contribution in [0.5, 0.6) is 17.2 Å². The summed E-state index contributed by atoms with van der Waals surface area (Å²) in [6.07, 6.45) is 2.17. The van der Waals surface area contributed by atoms with Gasteiger partial charge in [0.15, 0.2) is 5.78 Å². The van der Waals surface area contributed by atoms with Crippen LogP contribution in [0.2, 0.25) is 0 Å². The summed E-state index contributed by atoms with van der Waals surface area (Å²) in [4.78, 5) is 38.1. The van der Waals surface area contributed by atoms with Crippen LogP contribution >= 0.6 is 0 Å². The van der Waals surface area contributed by atoms with Crippen molar-refractivity contribution in [2.75, 3.05) is 0 Å². The van der Waals surface area contributed by atoms with E-state index < -0.39 is 11.4 Å². The molecule has 0 radical (unpaired) electrons. The van der Waals surface area contributed by atoms with Gasteiger partial charge in [0.25, 0.3) is 0 Å². The number of rotatable bonds is 8. The van der Waals surface area contributed by atoms with Crippen molar-refractivity contribution in [3.05, 3.63) is 39.0 Å². The molecule has 0 saturated heterocycles. The Balaban J connectivity index is 2.45. The summed E-state index contributed by atoms with van der Waals surface area (Å²) in [5.41, 5.74) is 0.524. The second kappa shape index (κ2) is 9.87. The van der Waals surface area contributed by atoms with E-state index in [1.807, 2.05) is 27.7 Å². The third-order valence-corrected chi connectivity index (χ3v) is 5.93. The van der Waals surface area contributed by atoms with Crippen molar-refractivity contribution in [1.29, 1.82) is 0 Å². The molecule has 7 nitrogen and oxygen atoms in total. The summed E-state index contributed by atoms with van der Waals surface area (Å²) in [6.45, 7) is 10.7. The van der Waals surface area contributed by atoms with E-state index in [1.165, 1.54) is 26.0 Å². The van der Waals surface area contributed by atoms with Crippen molar-refractivity contribution in [3.63, 3.8) is 0 Å². The van der Waals surface area contributed by atoms with Gasteiger partial charge in [-0.2, -0.15) is 0 Å². The molecule has 1 heterocycles. The molecule has 0 aliphatic carbocycles. The maximum absolute atomic E-state index is 13.8. The van der Waals surface area contributed by atoms with E-state index in [-0.39, 0.29) is 56.5 Å². The van der Waals surface area contributed by atoms with Crippen molar-refractivity contribution < 1.29 is 29.0 Å². The second-order valence-corrected chi connectivity index (χ2v) is 9.64. The average molecular weight is 469 g/mol. The van der Waals surface area contributed by atoms with Crippen molar-refractivity contribution in [1.82, 2.24) is 0 Å². The van der Waals surface area contributed by atoms with Gasteiger partial charge in [0.2, 0.25) is 5.43 Å². The van der Waals surface area contributed by atoms with Gasteiger partial charge in [0.1, 0.15) is 33.8 Å². The Morgan fingerprint density at radius 3 is 2.00 bits per heavy atom. The van der Waals surface area contributed by atoms with E-state index >= 15 is 0 Å². The molecule has 0 unspecified atom stereocenters. The number of aromatic hydroxyl groups is 2. The summed E-state index contributed by atoms with van der Waals surface area (Å²) in [6, 6.07) is 2.68. The first-order chi connectivity index (χ1) is 15.9. The van der Waals surface area contributed by atoms with E-state index in [4.69, 9.17) is 9.15 Å². The number of carbonyl (C=O) groups is 2. The van der Waals surface area contributed by atoms with Gasteiger partial charge in [-0.25, -0.2) is 0 Å². The van der Waals surface area contributed by atoms with Gasteiger partial charge in [-0.05, 0) is 50.0 Å². The number of Topliss-reactive ketones (excluding diaryl/α,β-unsaturated/α-hetero) is 1. The lowest BCUT2D eigenvalue weighted by molar-refractivity contribution is -0.131. The molecule has 3 rings (SSSR count). The summed E-state index contributed by atoms with van der Waals surface area (Å²) in [7, 11) is 0. The first kappa shape index (κ1) is 25.3. The summed E-state index contributed by atoms with van der Waals surface area (Å²) >= 11 is 0. The first-order valence-electron chi connectivity index (χ1n) is 11.6. The normalized spacial score (nSPS) is 11.6. The Kier molecular flexibility index (Phi) is 7.34. The summed E-state index contributed by atoms with van der Waals surface area (Å²) in [5.74, 6) is -0.774. The molecule has 0 bridgehead atoms. The van der Waals surface area contributed by atoms with Gasteiger partial charge in [0, 0.05) is 24.6 Å². The molecule has 0 atom stereocenters. The standard InChI is InChI=1S/C27H32O7/c1-13(2)7-9-17-19(30)11-20-25(26(17)31)27(32)24-18(10-8-14(3)4)23(15(5)28)21(33-16(6)29)12-22(24)34-20/h11-14,30-31H,7-10H2,1-6H3. The second-order valence-electron chi connectivity index (χ2n) is 9.64. The van der Waals surface area contributed by atoms with Gasteiger partial charge < -0.3 is 19.4 Å². The van der Waals surface area contributed by atoms with Crippen molar-refractivity contribution in [2.24, 2.45) is 11.8 Å². The third kappa shape index (κ3) is 4.93. The molecule has 2 aromatic carbocycles. The topological polar surface area (TPSA) is 114 Å². The molecule has 0 aliphatic heterocycles. The highest BCUT2D eigenvalue weighted by Gasteiger charge is 2.26. The maximum Gasteiger partial charge on any atom is 0.308 e. The number of esters is 1. The fourth-order valence-electron chi connectivity index (χ4n) is 4.21. The fourth-order valence-corrected chi connectivity index (χ4v) is 4.21. The Morgan fingerprint density at radius 1 is 0.912 bits per heavy atom. The molecule has 3 aromatic rings. The number of ether oxygens (including phenoxy) is 1. The molecule has 0 saturated carbocycles. The van der Waals surface area contributed by atoms with Crippen LogP contribution in [-0.2, 0) is 17.6 Å². The minimum atomic E-state index is -0.607. The predicted molar refractivity (Wildman–Crippen MR) is 131 cm³/mol. The molecule has 0 spiro atoms. The quantitative estimate of drug-likeness (QED) is 0.190. The number of phenols is 2. The Bertz CT molecular complexity index is 1330. The summed E-state index contributed by atoms with van der Waals surface area (Å²) in [5, 5.41) is 21.6. The lowest BCUT2D eigenvalue weighted by Crippen LogP contribution is -2.14. The van der Waals surface area contributed by atoms with E-state index in [2.05, 4.69) is 0 Å². The van der Waals surface area contributed by atoms with Crippen LogP contribution in [0.4, 0.5) is 0 Å². The van der Waals surface area contributed by atoms with Gasteiger partial charge in [0.05, 0.1) is 10.9 Å². The highest BCUT2D eigenvalue weighted by molar-refractivity contribution is 6.06. The van der Waals surface area contributed by atoms with E-state index in [9.17, 15) is 24.6 Å². The van der Waals surface area contributed by atoms with Crippen molar-refractivity contribution >= 4 is 33.7 Å². The number of benzene rings is 2. The minimum absolute atomic E-state index is 0.0138. The van der Waals surface area contributed by atoms with Gasteiger partial charge >= 0.3 is 5.97 Å². The minimum Gasteiger partial charge on any atom is -0.507 e. The van der Waals surface area contributed by atoms with E-state index in [1.54, 1.807) is 0 Å². The molecule has 34 heavy (non-hydrogen) atoms. The third-order valence-electron chi connectivity index (χ3n) is 5.93. The Morgan fingerprint density at radius 2 is 1.47 bits per heavy atom. The zero-order chi connectivity index (χ0) is 25.3. The maximum atomic E-state index is 13.8. The lowest BCUT2D eigenvalue weighted by Gasteiger charge is -2.17. The summed E-state index contributed by atoms with van der Waals surface area (Å²) < 4.78 is 11.3.